The summed E-state index contributed by atoms with van der Waals surface area (Å²) >= 11 is 0. The molecule has 0 aliphatic heterocycles. The maximum atomic E-state index is 12.2. The molecule has 0 heterocycles. The van der Waals surface area contributed by atoms with E-state index in [2.05, 4.69) is 6.92 Å². The lowest BCUT2D eigenvalue weighted by Gasteiger charge is -2.22. The molecule has 82 valence electrons. The molecule has 0 bridgehead atoms. The molecule has 0 aliphatic carbocycles. The number of hydrogen-bond donors (Lipinski definition) is 1. The second kappa shape index (κ2) is 4.47. The number of nitrogens with two attached hydrogens (primary N) is 1. The first-order chi connectivity index (χ1) is 6.97. The number of benzene rings is 1. The molecule has 1 aromatic rings. The Balaban J connectivity index is 2.94. The van der Waals surface area contributed by atoms with E-state index in [1.807, 2.05) is 26.0 Å². The number of nitrogen functional groups attached to an aromatic ring is 1. The van der Waals surface area contributed by atoms with Crippen LogP contribution < -0.4 is 5.73 Å². The molecule has 2 heteroatoms. The van der Waals surface area contributed by atoms with Gasteiger partial charge in [0.1, 0.15) is 0 Å². The number of Topliss-reactive ketones (excluding diaryl/α,β-unsaturated/α-hetero) is 1. The highest BCUT2D eigenvalue weighted by atomic mass is 16.1. The molecule has 1 rings (SSSR count). The Kier molecular flexibility index (Phi) is 3.51. The van der Waals surface area contributed by atoms with E-state index >= 15 is 0 Å². The van der Waals surface area contributed by atoms with Crippen molar-refractivity contribution in [2.75, 3.05) is 5.73 Å². The highest BCUT2D eigenvalue weighted by Crippen LogP contribution is 2.27. The van der Waals surface area contributed by atoms with Crippen LogP contribution in [0.1, 0.15) is 44.0 Å². The van der Waals surface area contributed by atoms with Gasteiger partial charge in [-0.1, -0.05) is 39.3 Å². The number of hydrogen-bond acceptors (Lipinski definition) is 2. The Bertz CT molecular complexity index is 355. The van der Waals surface area contributed by atoms with Crippen molar-refractivity contribution in [2.45, 2.75) is 33.6 Å². The fourth-order valence-corrected chi connectivity index (χ4v) is 1.81. The Labute approximate surface area is 91.5 Å². The molecule has 0 radical (unpaired) electrons. The van der Waals surface area contributed by atoms with Crippen LogP contribution in [0.15, 0.2) is 24.3 Å². The molecule has 0 saturated carbocycles. The van der Waals surface area contributed by atoms with Gasteiger partial charge in [0.05, 0.1) is 0 Å². The molecule has 2 nitrogen and oxygen atoms in total. The average molecular weight is 205 g/mol. The van der Waals surface area contributed by atoms with E-state index in [0.717, 1.165) is 12.8 Å². The maximum Gasteiger partial charge on any atom is 0.168 e. The topological polar surface area (TPSA) is 43.1 Å². The first-order valence-corrected chi connectivity index (χ1v) is 5.37. The van der Waals surface area contributed by atoms with Crippen molar-refractivity contribution in [1.29, 1.82) is 0 Å². The lowest BCUT2D eigenvalue weighted by atomic mass is 9.80. The lowest BCUT2D eigenvalue weighted by molar-refractivity contribution is 0.0825. The van der Waals surface area contributed by atoms with E-state index < -0.39 is 0 Å². The summed E-state index contributed by atoms with van der Waals surface area (Å²) in [6.45, 7) is 6.07. The standard InChI is InChI=1S/C13H19NO/c1-4-8-13(2,3)12(15)10-6-5-7-11(14)9-10/h5-7,9H,4,8,14H2,1-3H3. The van der Waals surface area contributed by atoms with E-state index in [4.69, 9.17) is 5.73 Å². The predicted octanol–water partition coefficient (Wildman–Crippen LogP) is 3.28. The Morgan fingerprint density at radius 3 is 2.60 bits per heavy atom. The number of carbonyl (C=O) groups is 1. The van der Waals surface area contributed by atoms with Crippen LogP contribution in [0.2, 0.25) is 0 Å². The second-order valence-electron chi connectivity index (χ2n) is 4.59. The van der Waals surface area contributed by atoms with Gasteiger partial charge in [-0.15, -0.1) is 0 Å². The summed E-state index contributed by atoms with van der Waals surface area (Å²) in [7, 11) is 0. The molecule has 2 N–H and O–H groups in total. The van der Waals surface area contributed by atoms with Gasteiger partial charge in [0, 0.05) is 16.7 Å². The summed E-state index contributed by atoms with van der Waals surface area (Å²) in [4.78, 5) is 12.2. The Hall–Kier alpha value is -1.31. The van der Waals surface area contributed by atoms with Crippen molar-refractivity contribution < 1.29 is 4.79 Å². The van der Waals surface area contributed by atoms with Crippen LogP contribution in [0.5, 0.6) is 0 Å². The van der Waals surface area contributed by atoms with Crippen molar-refractivity contribution in [1.82, 2.24) is 0 Å². The number of carbonyl (C=O) groups excluding carboxylic acids is 1. The molecule has 0 aromatic heterocycles. The monoisotopic (exact) mass is 205 g/mol. The van der Waals surface area contributed by atoms with Crippen LogP contribution in [0, 0.1) is 5.41 Å². The fourth-order valence-electron chi connectivity index (χ4n) is 1.81. The van der Waals surface area contributed by atoms with Gasteiger partial charge in [0.2, 0.25) is 0 Å². The van der Waals surface area contributed by atoms with Crippen LogP contribution in [0.25, 0.3) is 0 Å². The second-order valence-corrected chi connectivity index (χ2v) is 4.59. The zero-order valence-electron chi connectivity index (χ0n) is 9.71. The normalized spacial score (nSPS) is 11.4. The van der Waals surface area contributed by atoms with E-state index in [1.165, 1.54) is 0 Å². The molecule has 0 saturated heterocycles. The minimum Gasteiger partial charge on any atom is -0.399 e. The van der Waals surface area contributed by atoms with Gasteiger partial charge in [0.25, 0.3) is 0 Å². The molecular formula is C13H19NO. The van der Waals surface area contributed by atoms with Crippen LogP contribution >= 0.6 is 0 Å². The summed E-state index contributed by atoms with van der Waals surface area (Å²) < 4.78 is 0. The van der Waals surface area contributed by atoms with Gasteiger partial charge in [-0.2, -0.15) is 0 Å². The third-order valence-corrected chi connectivity index (χ3v) is 2.64. The van der Waals surface area contributed by atoms with Crippen LogP contribution in [-0.4, -0.2) is 5.78 Å². The van der Waals surface area contributed by atoms with Gasteiger partial charge >= 0.3 is 0 Å². The van der Waals surface area contributed by atoms with Crippen LogP contribution in [0.3, 0.4) is 0 Å². The lowest BCUT2D eigenvalue weighted by Crippen LogP contribution is -2.24. The van der Waals surface area contributed by atoms with Crippen molar-refractivity contribution in [3.05, 3.63) is 29.8 Å². The van der Waals surface area contributed by atoms with Gasteiger partial charge < -0.3 is 5.73 Å². The smallest absolute Gasteiger partial charge is 0.168 e. The number of anilines is 1. The number of rotatable bonds is 4. The van der Waals surface area contributed by atoms with Gasteiger partial charge in [-0.3, -0.25) is 4.79 Å². The highest BCUT2D eigenvalue weighted by Gasteiger charge is 2.27. The van der Waals surface area contributed by atoms with E-state index in [1.54, 1.807) is 12.1 Å². The summed E-state index contributed by atoms with van der Waals surface area (Å²) in [6.07, 6.45) is 1.92. The molecule has 0 atom stereocenters. The SMILES string of the molecule is CCCC(C)(C)C(=O)c1cccc(N)c1. The Morgan fingerprint density at radius 2 is 2.07 bits per heavy atom. The molecular weight excluding hydrogens is 186 g/mol. The first-order valence-electron chi connectivity index (χ1n) is 5.37. The minimum atomic E-state index is -0.289. The van der Waals surface area contributed by atoms with Crippen molar-refractivity contribution in [2.24, 2.45) is 5.41 Å². The molecule has 0 unspecified atom stereocenters. The first kappa shape index (κ1) is 11.8. The number of ketones is 1. The molecule has 0 spiro atoms. The fraction of sp³-hybridized carbons (Fsp3) is 0.462. The van der Waals surface area contributed by atoms with Gasteiger partial charge in [0.15, 0.2) is 5.78 Å². The van der Waals surface area contributed by atoms with E-state index in [-0.39, 0.29) is 11.2 Å². The molecule has 0 fully saturated rings. The average Bonchev–Trinajstić information content (AvgIpc) is 2.16. The van der Waals surface area contributed by atoms with Gasteiger partial charge in [-0.25, -0.2) is 0 Å². The molecule has 0 aliphatic rings. The predicted molar refractivity (Wildman–Crippen MR) is 63.9 cm³/mol. The van der Waals surface area contributed by atoms with E-state index in [9.17, 15) is 4.79 Å². The van der Waals surface area contributed by atoms with Crippen LogP contribution in [0.4, 0.5) is 5.69 Å². The van der Waals surface area contributed by atoms with E-state index in [0.29, 0.717) is 11.3 Å². The van der Waals surface area contributed by atoms with Gasteiger partial charge in [-0.05, 0) is 18.6 Å². The Morgan fingerprint density at radius 1 is 1.40 bits per heavy atom. The zero-order chi connectivity index (χ0) is 11.5. The zero-order valence-corrected chi connectivity index (χ0v) is 9.71. The molecule has 1 aromatic carbocycles. The summed E-state index contributed by atoms with van der Waals surface area (Å²) in [5.41, 5.74) is 6.73. The van der Waals surface area contributed by atoms with Crippen molar-refractivity contribution in [3.63, 3.8) is 0 Å². The third kappa shape index (κ3) is 2.82. The summed E-state index contributed by atoms with van der Waals surface area (Å²) in [6, 6.07) is 7.20. The maximum absolute atomic E-state index is 12.2. The highest BCUT2D eigenvalue weighted by molar-refractivity contribution is 6.00. The van der Waals surface area contributed by atoms with Crippen molar-refractivity contribution in [3.8, 4) is 0 Å². The molecule has 15 heavy (non-hydrogen) atoms. The summed E-state index contributed by atoms with van der Waals surface area (Å²) in [5, 5.41) is 0. The molecule has 0 amide bonds. The largest absolute Gasteiger partial charge is 0.399 e. The van der Waals surface area contributed by atoms with Crippen LogP contribution in [-0.2, 0) is 0 Å². The van der Waals surface area contributed by atoms with Crippen molar-refractivity contribution >= 4 is 11.5 Å². The minimum absolute atomic E-state index is 0.177. The summed E-state index contributed by atoms with van der Waals surface area (Å²) in [5.74, 6) is 0.177. The quantitative estimate of drug-likeness (QED) is 0.605. The third-order valence-electron chi connectivity index (χ3n) is 2.64.